The molecule has 0 bridgehead atoms. The number of benzene rings is 10. The summed E-state index contributed by atoms with van der Waals surface area (Å²) in [6.07, 6.45) is 0. The zero-order valence-corrected chi connectivity index (χ0v) is 37.9. The van der Waals surface area contributed by atoms with Crippen LogP contribution >= 0.6 is 0 Å². The second-order valence-electron chi connectivity index (χ2n) is 18.0. The van der Waals surface area contributed by atoms with Crippen LogP contribution in [0.25, 0.3) is 116 Å². The highest BCUT2D eigenvalue weighted by atomic mass is 15.0. The van der Waals surface area contributed by atoms with Crippen molar-refractivity contribution >= 4 is 159 Å². The van der Waals surface area contributed by atoms with Crippen molar-refractivity contribution in [1.29, 1.82) is 0 Å². The van der Waals surface area contributed by atoms with Crippen LogP contribution in [0.2, 0.25) is 0 Å². The first-order chi connectivity index (χ1) is 34.2. The molecule has 10 aromatic carbocycles. The van der Waals surface area contributed by atoms with Crippen LogP contribution in [0, 0.1) is 0 Å². The highest BCUT2D eigenvalue weighted by molar-refractivity contribution is 6.69. The fourth-order valence-electron chi connectivity index (χ4n) is 11.0. The lowest BCUT2D eigenvalue weighted by molar-refractivity contribution is 1.17. The Hall–Kier alpha value is -7.95. The van der Waals surface area contributed by atoms with Gasteiger partial charge in [-0.25, -0.2) is 0 Å². The van der Waals surface area contributed by atoms with Crippen molar-refractivity contribution in [3.05, 3.63) is 194 Å². The van der Waals surface area contributed by atoms with Gasteiger partial charge in [0.15, 0.2) is 0 Å². The SMILES string of the molecule is [B]c1c([B])c([B])c2c(c1[B])c1c([B])c(-c3ccc4c(c3)c3ccc(-c5ccccc5)cc3n4-c3ccccc3)c([B])c([B])c1n2-c1ccc2c(c1)c1ccccc1n2-c1ccccc1-c1ccccc1. The minimum atomic E-state index is 0.168. The van der Waals surface area contributed by atoms with Gasteiger partial charge in [0, 0.05) is 54.9 Å². The number of fused-ring (bicyclic) bond motifs is 9. The van der Waals surface area contributed by atoms with Gasteiger partial charge in [-0.1, -0.05) is 161 Å². The number of aromatic nitrogens is 3. The summed E-state index contributed by atoms with van der Waals surface area (Å²) in [5.41, 5.74) is 15.8. The Morgan fingerprint density at radius 3 is 1.57 bits per heavy atom. The third kappa shape index (κ3) is 6.12. The zero-order valence-electron chi connectivity index (χ0n) is 37.9. The Morgan fingerprint density at radius 1 is 0.271 bits per heavy atom. The van der Waals surface area contributed by atoms with E-state index in [0.29, 0.717) is 43.8 Å². The molecule has 0 aliphatic carbocycles. The molecule has 0 fully saturated rings. The molecule has 0 saturated carbocycles. The molecule has 3 aromatic heterocycles. The first-order valence-electron chi connectivity index (χ1n) is 23.1. The van der Waals surface area contributed by atoms with E-state index in [1.165, 1.54) is 0 Å². The molecule has 13 aromatic rings. The molecular weight excluding hydrogens is 838 g/mol. The summed E-state index contributed by atoms with van der Waals surface area (Å²) in [4.78, 5) is 0. The summed E-state index contributed by atoms with van der Waals surface area (Å²) in [5, 5.41) is 5.29. The molecule has 0 amide bonds. The van der Waals surface area contributed by atoms with Gasteiger partial charge in [0.2, 0.25) is 0 Å². The van der Waals surface area contributed by atoms with Gasteiger partial charge in [-0.15, -0.1) is 10.9 Å². The summed E-state index contributed by atoms with van der Waals surface area (Å²) >= 11 is 0. The third-order valence-electron chi connectivity index (χ3n) is 14.2. The number of para-hydroxylation sites is 3. The summed E-state index contributed by atoms with van der Waals surface area (Å²) < 4.78 is 6.61. The Balaban J connectivity index is 1.06. The number of nitrogens with zero attached hydrogens (tertiary/aromatic N) is 3. The van der Waals surface area contributed by atoms with Gasteiger partial charge >= 0.3 is 0 Å². The van der Waals surface area contributed by atoms with Crippen LogP contribution in [0.15, 0.2) is 194 Å². The van der Waals surface area contributed by atoms with Gasteiger partial charge in [0.05, 0.1) is 27.8 Å². The Bertz CT molecular complexity index is 4310. The molecule has 3 heterocycles. The zero-order chi connectivity index (χ0) is 47.5. The molecular formula is C60H32B7N3. The second kappa shape index (κ2) is 16.1. The topological polar surface area (TPSA) is 14.8 Å². The smallest absolute Gasteiger partial charge is 0.115 e. The lowest BCUT2D eigenvalue weighted by atomic mass is 9.64. The molecule has 0 aliphatic heterocycles. The quantitative estimate of drug-likeness (QED) is 0.154. The molecule has 0 unspecified atom stereocenters. The van der Waals surface area contributed by atoms with Crippen molar-refractivity contribution in [2.24, 2.45) is 0 Å². The van der Waals surface area contributed by atoms with E-state index >= 15 is 0 Å². The number of rotatable bonds is 6. The molecule has 10 heteroatoms. The largest absolute Gasteiger partial charge is 0.311 e. The van der Waals surface area contributed by atoms with E-state index in [1.807, 2.05) is 22.8 Å². The predicted molar refractivity (Wildman–Crippen MR) is 303 cm³/mol. The monoisotopic (exact) mass is 871 g/mol. The molecule has 70 heavy (non-hydrogen) atoms. The maximum absolute atomic E-state index is 7.49. The predicted octanol–water partition coefficient (Wildman–Crippen LogP) is 7.54. The summed E-state index contributed by atoms with van der Waals surface area (Å²) in [6, 6.07) is 67.4. The van der Waals surface area contributed by atoms with E-state index in [9.17, 15) is 0 Å². The highest BCUT2D eigenvalue weighted by Crippen LogP contribution is 2.40. The van der Waals surface area contributed by atoms with E-state index in [1.54, 1.807) is 0 Å². The standard InChI is InChI=1S/C60H32B7N3/c61-52-49(36-25-28-46-42(30-36)41-27-24-35(33-14-4-1-5-15-33)31-48(41)68(46)37-18-8-3-9-19-37)53(62)57(66)59-50(52)51-54(63)55(64)56(65)58(67)60(51)69(59)38-26-29-47-43(32-38)40-21-11-13-23-45(40)70(47)44-22-12-10-20-39(44)34-16-6-2-7-17-34/h1-32H. The van der Waals surface area contributed by atoms with Crippen molar-refractivity contribution in [3.63, 3.8) is 0 Å². The molecule has 0 saturated heterocycles. The van der Waals surface area contributed by atoms with Crippen molar-refractivity contribution in [2.75, 3.05) is 0 Å². The van der Waals surface area contributed by atoms with Gasteiger partial charge in [-0.05, 0) is 93.9 Å². The molecule has 0 atom stereocenters. The minimum Gasteiger partial charge on any atom is -0.311 e. The van der Waals surface area contributed by atoms with Gasteiger partial charge in [-0.3, -0.25) is 0 Å². The average Bonchev–Trinajstić information content (AvgIpc) is 4.06. The van der Waals surface area contributed by atoms with E-state index < -0.39 is 0 Å². The second-order valence-corrected chi connectivity index (χ2v) is 18.0. The number of hydrogen-bond donors (Lipinski definition) is 0. The molecule has 0 spiro atoms. The van der Waals surface area contributed by atoms with Crippen LogP contribution in [0.4, 0.5) is 0 Å². The Labute approximate surface area is 414 Å². The van der Waals surface area contributed by atoms with Gasteiger partial charge < -0.3 is 13.7 Å². The van der Waals surface area contributed by atoms with Crippen LogP contribution < -0.4 is 38.2 Å². The van der Waals surface area contributed by atoms with E-state index in [0.717, 1.165) is 88.5 Å². The van der Waals surface area contributed by atoms with Crippen LogP contribution in [-0.4, -0.2) is 68.6 Å². The summed E-state index contributed by atoms with van der Waals surface area (Å²) in [6.45, 7) is 0. The molecule has 13 rings (SSSR count). The first-order valence-corrected chi connectivity index (χ1v) is 23.1. The van der Waals surface area contributed by atoms with Crippen molar-refractivity contribution in [2.45, 2.75) is 0 Å². The van der Waals surface area contributed by atoms with Gasteiger partial charge in [-0.2, -0.15) is 0 Å². The first kappa shape index (κ1) is 42.2. The van der Waals surface area contributed by atoms with Gasteiger partial charge in [0.25, 0.3) is 0 Å². The van der Waals surface area contributed by atoms with E-state index in [2.05, 4.69) is 185 Å². The van der Waals surface area contributed by atoms with E-state index in [-0.39, 0.29) is 21.9 Å². The van der Waals surface area contributed by atoms with Crippen molar-refractivity contribution < 1.29 is 0 Å². The molecule has 0 N–H and O–H groups in total. The molecule has 3 nitrogen and oxygen atoms in total. The summed E-state index contributed by atoms with van der Waals surface area (Å²) in [7, 11) is 49.6. The maximum atomic E-state index is 7.49. The highest BCUT2D eigenvalue weighted by Gasteiger charge is 2.26. The molecule has 308 valence electrons. The lowest BCUT2D eigenvalue weighted by Gasteiger charge is -2.19. The van der Waals surface area contributed by atoms with Gasteiger partial charge in [0.1, 0.15) is 54.9 Å². The number of hydrogen-bond acceptors (Lipinski definition) is 0. The fourth-order valence-corrected chi connectivity index (χ4v) is 11.0. The molecule has 0 aliphatic rings. The van der Waals surface area contributed by atoms with E-state index in [4.69, 9.17) is 54.9 Å². The van der Waals surface area contributed by atoms with Crippen LogP contribution in [0.1, 0.15) is 0 Å². The lowest BCUT2D eigenvalue weighted by Crippen LogP contribution is -2.48. The van der Waals surface area contributed by atoms with Crippen molar-refractivity contribution in [3.8, 4) is 50.4 Å². The van der Waals surface area contributed by atoms with Crippen LogP contribution in [-0.2, 0) is 0 Å². The van der Waals surface area contributed by atoms with Crippen molar-refractivity contribution in [1.82, 2.24) is 13.7 Å². The minimum absolute atomic E-state index is 0.168. The average molecular weight is 871 g/mol. The van der Waals surface area contributed by atoms with Crippen LogP contribution in [0.5, 0.6) is 0 Å². The molecule has 14 radical (unpaired) electrons. The normalized spacial score (nSPS) is 11.8. The van der Waals surface area contributed by atoms with Crippen LogP contribution in [0.3, 0.4) is 0 Å². The maximum Gasteiger partial charge on any atom is 0.115 e. The summed E-state index contributed by atoms with van der Waals surface area (Å²) in [5.74, 6) is 0. The Morgan fingerprint density at radius 2 is 0.814 bits per heavy atom. The third-order valence-corrected chi connectivity index (χ3v) is 14.2. The fraction of sp³-hybridized carbons (Fsp3) is 0. The Kier molecular flexibility index (Phi) is 9.68.